The number of sulfonamides is 1. The Morgan fingerprint density at radius 2 is 1.73 bits per heavy atom. The van der Waals surface area contributed by atoms with E-state index in [-0.39, 0.29) is 23.9 Å². The second kappa shape index (κ2) is 9.27. The quantitative estimate of drug-likeness (QED) is 0.523. The monoisotopic (exact) mass is 464 g/mol. The number of carbonyl (C=O) groups is 1. The van der Waals surface area contributed by atoms with Crippen LogP contribution < -0.4 is 14.4 Å². The lowest BCUT2D eigenvalue weighted by Gasteiger charge is -2.32. The molecule has 0 bridgehead atoms. The summed E-state index contributed by atoms with van der Waals surface area (Å²) in [4.78, 5) is 12.9. The van der Waals surface area contributed by atoms with E-state index in [2.05, 4.69) is 19.2 Å². The van der Waals surface area contributed by atoms with Crippen LogP contribution in [0.15, 0.2) is 71.6 Å². The number of nitrogens with zero attached hydrogens (tertiary/aromatic N) is 1. The zero-order chi connectivity index (χ0) is 23.6. The Morgan fingerprint density at radius 1 is 1.00 bits per heavy atom. The first-order valence-corrected chi connectivity index (χ1v) is 12.4. The minimum Gasteiger partial charge on any atom is -0.491 e. The van der Waals surface area contributed by atoms with E-state index < -0.39 is 10.0 Å². The lowest BCUT2D eigenvalue weighted by Crippen LogP contribution is -2.43. The van der Waals surface area contributed by atoms with Gasteiger partial charge in [-0.2, -0.15) is 0 Å². The van der Waals surface area contributed by atoms with Crippen molar-refractivity contribution in [3.05, 3.63) is 77.9 Å². The number of ether oxygens (including phenoxy) is 1. The summed E-state index contributed by atoms with van der Waals surface area (Å²) >= 11 is 0. The molecule has 3 aromatic rings. The maximum atomic E-state index is 13.4. The van der Waals surface area contributed by atoms with Crippen LogP contribution in [0.5, 0.6) is 5.75 Å². The summed E-state index contributed by atoms with van der Waals surface area (Å²) in [6.45, 7) is 6.41. The molecule has 3 aromatic carbocycles. The zero-order valence-corrected chi connectivity index (χ0v) is 19.9. The average Bonchev–Trinajstić information content (AvgIpc) is 2.80. The molecule has 1 aliphatic rings. The van der Waals surface area contributed by atoms with E-state index in [9.17, 15) is 13.2 Å². The minimum atomic E-state index is -3.86. The second-order valence-electron chi connectivity index (χ2n) is 8.40. The number of anilines is 1. The number of para-hydroxylation sites is 1. The highest BCUT2D eigenvalue weighted by Gasteiger charge is 2.36. The Hall–Kier alpha value is -3.32. The smallest absolute Gasteiger partial charge is 0.265 e. The number of nitrogens with one attached hydrogen (secondary N) is 1. The molecule has 4 rings (SSSR count). The van der Waals surface area contributed by atoms with Crippen molar-refractivity contribution in [1.82, 2.24) is 5.32 Å². The van der Waals surface area contributed by atoms with E-state index in [1.165, 1.54) is 4.31 Å². The van der Waals surface area contributed by atoms with Gasteiger partial charge in [0.2, 0.25) is 5.91 Å². The van der Waals surface area contributed by atoms with Gasteiger partial charge in [0.1, 0.15) is 18.9 Å². The van der Waals surface area contributed by atoms with E-state index in [1.54, 1.807) is 18.2 Å². The minimum absolute atomic E-state index is 0.217. The van der Waals surface area contributed by atoms with E-state index in [4.69, 9.17) is 4.74 Å². The number of aryl methyl sites for hydroxylation is 1. The lowest BCUT2D eigenvalue weighted by atomic mass is 9.95. The zero-order valence-electron chi connectivity index (χ0n) is 19.0. The SMILES string of the molecule is Cc1ccccc1OCCNC(=O)CN1c2ccc(C(C)C)cc2-c2ccccc2S1(=O)=O. The van der Waals surface area contributed by atoms with Gasteiger partial charge in [-0.3, -0.25) is 9.10 Å². The van der Waals surface area contributed by atoms with Crippen LogP contribution in [-0.4, -0.2) is 34.0 Å². The Morgan fingerprint density at radius 3 is 2.48 bits per heavy atom. The predicted octanol–water partition coefficient (Wildman–Crippen LogP) is 4.49. The van der Waals surface area contributed by atoms with E-state index in [0.29, 0.717) is 23.8 Å². The molecule has 33 heavy (non-hydrogen) atoms. The fourth-order valence-corrected chi connectivity index (χ4v) is 5.58. The molecular weight excluding hydrogens is 436 g/mol. The molecule has 0 radical (unpaired) electrons. The summed E-state index contributed by atoms with van der Waals surface area (Å²) in [6.07, 6.45) is 0. The van der Waals surface area contributed by atoms with Gasteiger partial charge in [-0.25, -0.2) is 8.42 Å². The van der Waals surface area contributed by atoms with Crippen LogP contribution in [0.3, 0.4) is 0 Å². The first kappa shape index (κ1) is 22.9. The number of benzene rings is 3. The molecule has 0 saturated heterocycles. The van der Waals surface area contributed by atoms with Crippen molar-refractivity contribution in [1.29, 1.82) is 0 Å². The number of hydrogen-bond donors (Lipinski definition) is 1. The Balaban J connectivity index is 1.52. The third-order valence-corrected chi connectivity index (χ3v) is 7.58. The largest absolute Gasteiger partial charge is 0.491 e. The van der Waals surface area contributed by atoms with Crippen LogP contribution in [0.25, 0.3) is 11.1 Å². The molecule has 1 aliphatic heterocycles. The first-order valence-electron chi connectivity index (χ1n) is 11.0. The van der Waals surface area contributed by atoms with Crippen molar-refractivity contribution in [3.8, 4) is 16.9 Å². The number of amides is 1. The summed E-state index contributed by atoms with van der Waals surface area (Å²) in [5.74, 6) is 0.674. The summed E-state index contributed by atoms with van der Waals surface area (Å²) in [5, 5.41) is 2.77. The summed E-state index contributed by atoms with van der Waals surface area (Å²) in [6, 6.07) is 20.3. The Labute approximate surface area is 195 Å². The summed E-state index contributed by atoms with van der Waals surface area (Å²) in [5.41, 5.74) is 4.13. The Kier molecular flexibility index (Phi) is 6.42. The van der Waals surface area contributed by atoms with Gasteiger partial charge in [0.15, 0.2) is 0 Å². The van der Waals surface area contributed by atoms with Crippen molar-refractivity contribution >= 4 is 21.6 Å². The van der Waals surface area contributed by atoms with Crippen LogP contribution in [0.1, 0.15) is 30.9 Å². The van der Waals surface area contributed by atoms with E-state index in [1.807, 2.05) is 55.5 Å². The Bertz CT molecular complexity index is 1280. The van der Waals surface area contributed by atoms with Crippen LogP contribution >= 0.6 is 0 Å². The maximum Gasteiger partial charge on any atom is 0.265 e. The molecule has 1 heterocycles. The van der Waals surface area contributed by atoms with Gasteiger partial charge in [-0.1, -0.05) is 56.3 Å². The predicted molar refractivity (Wildman–Crippen MR) is 130 cm³/mol. The van der Waals surface area contributed by atoms with Gasteiger partial charge in [-0.15, -0.1) is 0 Å². The highest BCUT2D eigenvalue weighted by molar-refractivity contribution is 7.93. The molecule has 0 unspecified atom stereocenters. The second-order valence-corrected chi connectivity index (χ2v) is 10.2. The molecule has 1 amide bonds. The third-order valence-electron chi connectivity index (χ3n) is 5.76. The van der Waals surface area contributed by atoms with Crippen molar-refractivity contribution in [2.45, 2.75) is 31.6 Å². The maximum absolute atomic E-state index is 13.4. The van der Waals surface area contributed by atoms with Gasteiger partial charge in [-0.05, 0) is 48.2 Å². The highest BCUT2D eigenvalue weighted by Crippen LogP contribution is 2.43. The molecule has 172 valence electrons. The normalized spacial score (nSPS) is 13.9. The molecule has 0 spiro atoms. The molecule has 0 aromatic heterocycles. The summed E-state index contributed by atoms with van der Waals surface area (Å²) < 4.78 is 33.7. The van der Waals surface area contributed by atoms with Crippen LogP contribution in [0, 0.1) is 6.92 Å². The summed E-state index contributed by atoms with van der Waals surface area (Å²) in [7, 11) is -3.86. The fourth-order valence-electron chi connectivity index (χ4n) is 3.93. The molecule has 6 nitrogen and oxygen atoms in total. The average molecular weight is 465 g/mol. The first-order chi connectivity index (χ1) is 15.8. The molecule has 0 saturated carbocycles. The van der Waals surface area contributed by atoms with Crippen molar-refractivity contribution in [2.24, 2.45) is 0 Å². The molecule has 1 N–H and O–H groups in total. The molecule has 0 atom stereocenters. The van der Waals surface area contributed by atoms with Gasteiger partial charge in [0.05, 0.1) is 17.1 Å². The van der Waals surface area contributed by atoms with Gasteiger partial charge in [0, 0.05) is 11.1 Å². The van der Waals surface area contributed by atoms with Crippen molar-refractivity contribution in [3.63, 3.8) is 0 Å². The number of hydrogen-bond acceptors (Lipinski definition) is 4. The van der Waals surface area contributed by atoms with E-state index >= 15 is 0 Å². The topological polar surface area (TPSA) is 75.7 Å². The lowest BCUT2D eigenvalue weighted by molar-refractivity contribution is -0.119. The van der Waals surface area contributed by atoms with Gasteiger partial charge in [0.25, 0.3) is 10.0 Å². The fraction of sp³-hybridized carbons (Fsp3) is 0.269. The van der Waals surface area contributed by atoms with E-state index in [0.717, 1.165) is 22.4 Å². The van der Waals surface area contributed by atoms with Crippen LogP contribution in [0.4, 0.5) is 5.69 Å². The standard InChI is InChI=1S/C26H28N2O4S/c1-18(2)20-12-13-23-22(16-20)21-9-5-7-11-25(21)33(30,31)28(23)17-26(29)27-14-15-32-24-10-6-4-8-19(24)3/h4-13,16,18H,14-15,17H2,1-3H3,(H,27,29). The molecule has 0 aliphatic carbocycles. The van der Waals surface area contributed by atoms with Crippen molar-refractivity contribution < 1.29 is 17.9 Å². The van der Waals surface area contributed by atoms with Crippen LogP contribution in [0.2, 0.25) is 0 Å². The van der Waals surface area contributed by atoms with Gasteiger partial charge >= 0.3 is 0 Å². The number of rotatable bonds is 7. The van der Waals surface area contributed by atoms with Crippen LogP contribution in [-0.2, 0) is 14.8 Å². The van der Waals surface area contributed by atoms with Crippen molar-refractivity contribution in [2.75, 3.05) is 24.0 Å². The number of carbonyl (C=O) groups excluding carboxylic acids is 1. The molecular formula is C26H28N2O4S. The molecule has 7 heteroatoms. The number of fused-ring (bicyclic) bond motifs is 3. The third kappa shape index (κ3) is 4.59. The van der Waals surface area contributed by atoms with Gasteiger partial charge < -0.3 is 10.1 Å². The molecule has 0 fully saturated rings. The highest BCUT2D eigenvalue weighted by atomic mass is 32.2.